The van der Waals surface area contributed by atoms with Crippen molar-refractivity contribution in [3.63, 3.8) is 0 Å². The number of benzene rings is 2. The minimum absolute atomic E-state index is 0.0906. The van der Waals surface area contributed by atoms with E-state index in [0.29, 0.717) is 5.56 Å². The van der Waals surface area contributed by atoms with Crippen LogP contribution in [0, 0.1) is 6.92 Å². The molecule has 0 radical (unpaired) electrons. The van der Waals surface area contributed by atoms with Crippen molar-refractivity contribution in [2.45, 2.75) is 58.4 Å². The Labute approximate surface area is 183 Å². The van der Waals surface area contributed by atoms with Crippen molar-refractivity contribution in [3.05, 3.63) is 76.1 Å². The zero-order valence-electron chi connectivity index (χ0n) is 18.4. The number of halogens is 2. The molecule has 0 aliphatic carbocycles. The first-order valence-corrected chi connectivity index (χ1v) is 11.2. The van der Waals surface area contributed by atoms with Crippen LogP contribution in [0.15, 0.2) is 42.7 Å². The number of alkyl halides is 2. The molecule has 0 fully saturated rings. The minimum atomic E-state index is -2.49. The third kappa shape index (κ3) is 5.21. The van der Waals surface area contributed by atoms with E-state index >= 15 is 0 Å². The van der Waals surface area contributed by atoms with Gasteiger partial charge in [-0.2, -0.15) is 5.10 Å². The Morgan fingerprint density at radius 1 is 1.10 bits per heavy atom. The second kappa shape index (κ2) is 9.73. The van der Waals surface area contributed by atoms with Crippen LogP contribution in [0.25, 0.3) is 11.1 Å². The van der Waals surface area contributed by atoms with Gasteiger partial charge in [0.15, 0.2) is 0 Å². The number of rotatable bonds is 7. The van der Waals surface area contributed by atoms with E-state index in [-0.39, 0.29) is 5.56 Å². The monoisotopic (exact) mass is 423 g/mol. The lowest BCUT2D eigenvalue weighted by molar-refractivity contribution is 0.152. The van der Waals surface area contributed by atoms with E-state index in [1.165, 1.54) is 23.1 Å². The van der Waals surface area contributed by atoms with Crippen molar-refractivity contribution in [2.24, 2.45) is 7.05 Å². The molecule has 2 aromatic carbocycles. The minimum Gasteiger partial charge on any atom is -0.313 e. The maximum absolute atomic E-state index is 13.6. The summed E-state index contributed by atoms with van der Waals surface area (Å²) in [5.74, 6) is 0. The number of aromatic nitrogens is 2. The second-order valence-electron chi connectivity index (χ2n) is 8.66. The molecule has 0 saturated heterocycles. The summed E-state index contributed by atoms with van der Waals surface area (Å²) < 4.78 is 28.9. The fourth-order valence-electron chi connectivity index (χ4n) is 4.55. The lowest BCUT2D eigenvalue weighted by atomic mass is 9.92. The van der Waals surface area contributed by atoms with Gasteiger partial charge in [-0.1, -0.05) is 24.3 Å². The van der Waals surface area contributed by atoms with E-state index in [9.17, 15) is 8.78 Å². The average Bonchev–Trinajstić information content (AvgIpc) is 3.04. The molecule has 31 heavy (non-hydrogen) atoms. The van der Waals surface area contributed by atoms with Crippen molar-refractivity contribution < 1.29 is 8.78 Å². The first-order valence-electron chi connectivity index (χ1n) is 11.2. The van der Waals surface area contributed by atoms with Gasteiger partial charge in [0.2, 0.25) is 0 Å². The molecule has 0 spiro atoms. The number of nitrogens with zero attached hydrogens (tertiary/aromatic N) is 2. The summed E-state index contributed by atoms with van der Waals surface area (Å²) in [5.41, 5.74) is 7.84. The molecule has 0 bridgehead atoms. The van der Waals surface area contributed by atoms with Crippen LogP contribution in [0.5, 0.6) is 0 Å². The number of aryl methyl sites for hydroxylation is 5. The van der Waals surface area contributed by atoms with Crippen LogP contribution in [0.4, 0.5) is 8.78 Å². The molecule has 164 valence electrons. The molecule has 0 saturated carbocycles. The molecule has 3 aromatic rings. The normalized spacial score (nSPS) is 14.0. The number of unbranched alkanes of at least 4 members (excludes halogenated alkanes) is 1. The summed E-state index contributed by atoms with van der Waals surface area (Å²) in [6.45, 7) is 4.00. The van der Waals surface area contributed by atoms with E-state index in [1.54, 1.807) is 30.2 Å². The number of nitrogens with one attached hydrogen (secondary N) is 1. The second-order valence-corrected chi connectivity index (χ2v) is 8.66. The van der Waals surface area contributed by atoms with Gasteiger partial charge >= 0.3 is 0 Å². The maximum atomic E-state index is 13.6. The largest absolute Gasteiger partial charge is 0.313 e. The summed E-state index contributed by atoms with van der Waals surface area (Å²) in [4.78, 5) is 0. The van der Waals surface area contributed by atoms with Crippen molar-refractivity contribution >= 4 is 0 Å². The Balaban J connectivity index is 1.42. The Hall–Kier alpha value is -2.53. The summed E-state index contributed by atoms with van der Waals surface area (Å²) >= 11 is 0. The summed E-state index contributed by atoms with van der Waals surface area (Å²) in [6.07, 6.45) is 7.41. The van der Waals surface area contributed by atoms with Crippen molar-refractivity contribution in [3.8, 4) is 11.1 Å². The highest BCUT2D eigenvalue weighted by molar-refractivity contribution is 5.68. The van der Waals surface area contributed by atoms with Gasteiger partial charge in [0.05, 0.1) is 6.20 Å². The standard InChI is InChI=1S/C26H31F2N3/c1-18-12-25(26(27)28)24(23-16-30-31(2)17-23)14-21(18)7-4-3-6-19-9-10-20-8-5-11-29-15-22(20)13-19/h9-10,12-14,16-17,26,29H,3-8,11,15H2,1-2H3. The fourth-order valence-corrected chi connectivity index (χ4v) is 4.55. The quantitative estimate of drug-likeness (QED) is 0.477. The van der Waals surface area contributed by atoms with Gasteiger partial charge in [0.25, 0.3) is 6.43 Å². The van der Waals surface area contributed by atoms with E-state index in [4.69, 9.17) is 0 Å². The molecule has 1 aliphatic heterocycles. The third-order valence-electron chi connectivity index (χ3n) is 6.31. The maximum Gasteiger partial charge on any atom is 0.264 e. The van der Waals surface area contributed by atoms with E-state index < -0.39 is 6.43 Å². The van der Waals surface area contributed by atoms with Gasteiger partial charge in [-0.15, -0.1) is 0 Å². The molecular formula is C26H31F2N3. The number of hydrogen-bond acceptors (Lipinski definition) is 2. The van der Waals surface area contributed by atoms with Gasteiger partial charge < -0.3 is 5.32 Å². The van der Waals surface area contributed by atoms with Crippen LogP contribution in [0.1, 0.15) is 59.1 Å². The van der Waals surface area contributed by atoms with Crippen LogP contribution in [-0.4, -0.2) is 16.3 Å². The Morgan fingerprint density at radius 2 is 1.94 bits per heavy atom. The average molecular weight is 424 g/mol. The van der Waals surface area contributed by atoms with Crippen LogP contribution < -0.4 is 5.32 Å². The van der Waals surface area contributed by atoms with Crippen molar-refractivity contribution in [1.82, 2.24) is 15.1 Å². The molecule has 4 rings (SSSR count). The molecule has 1 aromatic heterocycles. The molecule has 0 atom stereocenters. The first kappa shape index (κ1) is 21.7. The molecule has 1 aliphatic rings. The van der Waals surface area contributed by atoms with E-state index in [0.717, 1.165) is 61.9 Å². The fraction of sp³-hybridized carbons (Fsp3) is 0.423. The molecule has 5 heteroatoms. The summed E-state index contributed by atoms with van der Waals surface area (Å²) in [6, 6.07) is 10.5. The van der Waals surface area contributed by atoms with Crippen LogP contribution in [0.2, 0.25) is 0 Å². The molecule has 2 heterocycles. The van der Waals surface area contributed by atoms with E-state index in [1.807, 2.05) is 13.0 Å². The zero-order valence-corrected chi connectivity index (χ0v) is 18.4. The Bertz CT molecular complexity index is 1040. The Morgan fingerprint density at radius 3 is 2.71 bits per heavy atom. The lowest BCUT2D eigenvalue weighted by Crippen LogP contribution is -2.12. The van der Waals surface area contributed by atoms with Crippen LogP contribution in [-0.2, 0) is 32.9 Å². The number of hydrogen-bond donors (Lipinski definition) is 1. The summed E-state index contributed by atoms with van der Waals surface area (Å²) in [7, 11) is 1.80. The third-order valence-corrected chi connectivity index (χ3v) is 6.31. The predicted octanol–water partition coefficient (Wildman–Crippen LogP) is 5.93. The van der Waals surface area contributed by atoms with Gasteiger partial charge in [0, 0.05) is 30.9 Å². The molecule has 1 N–H and O–H groups in total. The van der Waals surface area contributed by atoms with Crippen molar-refractivity contribution in [2.75, 3.05) is 6.54 Å². The topological polar surface area (TPSA) is 29.9 Å². The highest BCUT2D eigenvalue weighted by Gasteiger charge is 2.18. The smallest absolute Gasteiger partial charge is 0.264 e. The lowest BCUT2D eigenvalue weighted by Gasteiger charge is -2.14. The van der Waals surface area contributed by atoms with Gasteiger partial charge in [-0.25, -0.2) is 8.78 Å². The Kier molecular flexibility index (Phi) is 6.81. The molecule has 0 amide bonds. The van der Waals surface area contributed by atoms with Crippen LogP contribution >= 0.6 is 0 Å². The zero-order chi connectivity index (χ0) is 21.8. The van der Waals surface area contributed by atoms with E-state index in [2.05, 4.69) is 28.6 Å². The number of fused-ring (bicyclic) bond motifs is 1. The van der Waals surface area contributed by atoms with Gasteiger partial charge in [-0.05, 0) is 91.4 Å². The van der Waals surface area contributed by atoms with Crippen LogP contribution in [0.3, 0.4) is 0 Å². The highest BCUT2D eigenvalue weighted by atomic mass is 19.3. The molecule has 3 nitrogen and oxygen atoms in total. The van der Waals surface area contributed by atoms with Gasteiger partial charge in [-0.3, -0.25) is 4.68 Å². The molecular weight excluding hydrogens is 392 g/mol. The summed E-state index contributed by atoms with van der Waals surface area (Å²) in [5, 5.41) is 7.66. The first-order chi connectivity index (χ1) is 15.0. The van der Waals surface area contributed by atoms with Gasteiger partial charge in [0.1, 0.15) is 0 Å². The predicted molar refractivity (Wildman–Crippen MR) is 121 cm³/mol. The molecule has 0 unspecified atom stereocenters. The van der Waals surface area contributed by atoms with Crippen molar-refractivity contribution in [1.29, 1.82) is 0 Å². The SMILES string of the molecule is Cc1cc(C(F)F)c(-c2cnn(C)c2)cc1CCCCc1ccc2c(c1)CNCCC2. The highest BCUT2D eigenvalue weighted by Crippen LogP contribution is 2.34.